The van der Waals surface area contributed by atoms with Gasteiger partial charge in [0.1, 0.15) is 11.7 Å². The highest BCUT2D eigenvalue weighted by Crippen LogP contribution is 2.54. The summed E-state index contributed by atoms with van der Waals surface area (Å²) < 4.78 is 11.7. The Labute approximate surface area is 172 Å². The van der Waals surface area contributed by atoms with Crippen molar-refractivity contribution in [3.63, 3.8) is 0 Å². The van der Waals surface area contributed by atoms with E-state index in [9.17, 15) is 20.1 Å². The van der Waals surface area contributed by atoms with Gasteiger partial charge in [-0.3, -0.25) is 4.79 Å². The van der Waals surface area contributed by atoms with Crippen LogP contribution in [-0.4, -0.2) is 51.3 Å². The SMILES string of the molecule is CC1O[C@@H](O[C@]23C(=Cc4ccc(CC#N)c(Cl)c42)C=C[C@@H]3O)C(O)C(=O)C1(C)O. The van der Waals surface area contributed by atoms with Crippen LogP contribution in [0, 0.1) is 11.3 Å². The summed E-state index contributed by atoms with van der Waals surface area (Å²) in [7, 11) is 0. The number of nitriles is 1. The number of nitrogens with zero attached hydrogens (tertiary/aromatic N) is 1. The summed E-state index contributed by atoms with van der Waals surface area (Å²) in [5, 5.41) is 40.9. The molecule has 1 aromatic rings. The van der Waals surface area contributed by atoms with Gasteiger partial charge in [0.05, 0.1) is 23.6 Å². The molecule has 8 heteroatoms. The molecule has 0 aromatic heterocycles. The molecule has 1 aliphatic heterocycles. The Bertz CT molecular complexity index is 994. The summed E-state index contributed by atoms with van der Waals surface area (Å²) in [5.41, 5.74) is -1.05. The van der Waals surface area contributed by atoms with Gasteiger partial charge in [-0.25, -0.2) is 0 Å². The Morgan fingerprint density at radius 1 is 1.38 bits per heavy atom. The van der Waals surface area contributed by atoms with Crippen LogP contribution in [0.3, 0.4) is 0 Å². The predicted octanol–water partition coefficient (Wildman–Crippen LogP) is 1.37. The fourth-order valence-electron chi connectivity index (χ4n) is 4.10. The quantitative estimate of drug-likeness (QED) is 0.679. The molecule has 0 saturated carbocycles. The standard InChI is InChI=1S/C21H20ClNO6/c1-10-20(2,27)18(26)17(25)19(28-10)29-21-13(5-6-14(21)24)9-12-4-3-11(7-8-23)16(22)15(12)21/h3-6,9-10,14,17,19,24-25,27H,7H2,1-2H3/t10?,14-,17?,19-,20?,21-/m0/s1. The summed E-state index contributed by atoms with van der Waals surface area (Å²) in [4.78, 5) is 12.4. The van der Waals surface area contributed by atoms with Crippen molar-refractivity contribution in [2.24, 2.45) is 0 Å². The Kier molecular flexibility index (Phi) is 4.70. The first kappa shape index (κ1) is 20.2. The summed E-state index contributed by atoms with van der Waals surface area (Å²) in [5.74, 6) is -0.828. The van der Waals surface area contributed by atoms with E-state index in [0.717, 1.165) is 0 Å². The van der Waals surface area contributed by atoms with Gasteiger partial charge < -0.3 is 24.8 Å². The van der Waals surface area contributed by atoms with Crippen molar-refractivity contribution in [1.82, 2.24) is 0 Å². The van der Waals surface area contributed by atoms with Crippen LogP contribution in [-0.2, 0) is 26.3 Å². The van der Waals surface area contributed by atoms with E-state index in [2.05, 4.69) is 6.07 Å². The summed E-state index contributed by atoms with van der Waals surface area (Å²) in [6.45, 7) is 2.77. The second-order valence-corrected chi connectivity index (χ2v) is 8.08. The molecule has 1 heterocycles. The van der Waals surface area contributed by atoms with Crippen molar-refractivity contribution in [2.75, 3.05) is 0 Å². The topological polar surface area (TPSA) is 120 Å². The number of aliphatic hydroxyl groups excluding tert-OH is 2. The Balaban J connectivity index is 1.79. The highest BCUT2D eigenvalue weighted by molar-refractivity contribution is 6.32. The first-order valence-corrected chi connectivity index (χ1v) is 9.57. The minimum Gasteiger partial charge on any atom is -0.385 e. The van der Waals surface area contributed by atoms with Crippen molar-refractivity contribution < 1.29 is 29.6 Å². The van der Waals surface area contributed by atoms with Crippen LogP contribution in [0.25, 0.3) is 6.08 Å². The van der Waals surface area contributed by atoms with Gasteiger partial charge in [0, 0.05) is 5.56 Å². The van der Waals surface area contributed by atoms with E-state index in [1.165, 1.54) is 19.9 Å². The zero-order valence-electron chi connectivity index (χ0n) is 15.8. The van der Waals surface area contributed by atoms with Crippen molar-refractivity contribution >= 4 is 23.5 Å². The van der Waals surface area contributed by atoms with Crippen LogP contribution < -0.4 is 0 Å². The lowest BCUT2D eigenvalue weighted by molar-refractivity contribution is -0.297. The number of ketones is 1. The first-order valence-electron chi connectivity index (χ1n) is 9.20. The van der Waals surface area contributed by atoms with Gasteiger partial charge in [0.2, 0.25) is 0 Å². The number of rotatable bonds is 3. The van der Waals surface area contributed by atoms with E-state index in [1.807, 2.05) is 0 Å². The average molecular weight is 418 g/mol. The molecule has 3 N–H and O–H groups in total. The van der Waals surface area contributed by atoms with E-state index in [1.54, 1.807) is 24.3 Å². The van der Waals surface area contributed by atoms with E-state index < -0.39 is 41.6 Å². The first-order chi connectivity index (χ1) is 13.6. The lowest BCUT2D eigenvalue weighted by Crippen LogP contribution is -2.63. The molecule has 1 aromatic carbocycles. The van der Waals surface area contributed by atoms with Crippen molar-refractivity contribution in [3.05, 3.63) is 51.6 Å². The predicted molar refractivity (Wildman–Crippen MR) is 103 cm³/mol. The van der Waals surface area contributed by atoms with Gasteiger partial charge in [-0.2, -0.15) is 5.26 Å². The Morgan fingerprint density at radius 3 is 2.79 bits per heavy atom. The van der Waals surface area contributed by atoms with E-state index >= 15 is 0 Å². The Hall–Kier alpha value is -2.05. The fourth-order valence-corrected chi connectivity index (χ4v) is 4.48. The molecule has 0 amide bonds. The number of carbonyl (C=O) groups is 1. The molecule has 7 nitrogen and oxygen atoms in total. The minimum absolute atomic E-state index is 0.0714. The van der Waals surface area contributed by atoms with E-state index in [-0.39, 0.29) is 11.4 Å². The number of Topliss-reactive ketones (excluding diaryl/α,β-unsaturated/α-hetero) is 1. The summed E-state index contributed by atoms with van der Waals surface area (Å²) in [6, 6.07) is 5.57. The second-order valence-electron chi connectivity index (χ2n) is 7.70. The maximum absolute atomic E-state index is 12.4. The maximum Gasteiger partial charge on any atom is 0.200 e. The van der Waals surface area contributed by atoms with Gasteiger partial charge in [-0.15, -0.1) is 0 Å². The smallest absolute Gasteiger partial charge is 0.200 e. The third-order valence-electron chi connectivity index (χ3n) is 5.97. The summed E-state index contributed by atoms with van der Waals surface area (Å²) in [6.07, 6.45) is -0.219. The second kappa shape index (κ2) is 6.74. The number of hydrogen-bond donors (Lipinski definition) is 3. The molecule has 3 unspecified atom stereocenters. The van der Waals surface area contributed by atoms with E-state index in [4.69, 9.17) is 26.3 Å². The number of aliphatic hydroxyl groups is 3. The molecular formula is C21H20ClNO6. The molecule has 1 saturated heterocycles. The fraction of sp³-hybridized carbons (Fsp3) is 0.429. The minimum atomic E-state index is -1.87. The largest absolute Gasteiger partial charge is 0.385 e. The number of benzene rings is 1. The molecule has 4 rings (SSSR count). The molecule has 2 aliphatic carbocycles. The molecule has 6 atom stereocenters. The number of ether oxygens (including phenoxy) is 2. The average Bonchev–Trinajstić information content (AvgIpc) is 3.15. The number of fused-ring (bicyclic) bond motifs is 3. The normalized spacial score (nSPS) is 37.8. The molecule has 29 heavy (non-hydrogen) atoms. The van der Waals surface area contributed by atoms with Gasteiger partial charge in [-0.05, 0) is 36.6 Å². The molecule has 0 spiro atoms. The number of carbonyl (C=O) groups excluding carboxylic acids is 1. The van der Waals surface area contributed by atoms with Crippen LogP contribution in [0.1, 0.15) is 30.5 Å². The lowest BCUT2D eigenvalue weighted by atomic mass is 9.86. The van der Waals surface area contributed by atoms with Gasteiger partial charge >= 0.3 is 0 Å². The molecule has 1 fully saturated rings. The maximum atomic E-state index is 12.4. The van der Waals surface area contributed by atoms with Crippen LogP contribution in [0.4, 0.5) is 0 Å². The van der Waals surface area contributed by atoms with Gasteiger partial charge in [-0.1, -0.05) is 35.9 Å². The zero-order valence-corrected chi connectivity index (χ0v) is 16.6. The number of halogens is 1. The molecule has 3 aliphatic rings. The number of hydrogen-bond acceptors (Lipinski definition) is 7. The van der Waals surface area contributed by atoms with Crippen molar-refractivity contribution in [3.8, 4) is 6.07 Å². The monoisotopic (exact) mass is 417 g/mol. The lowest BCUT2D eigenvalue weighted by Gasteiger charge is -2.44. The van der Waals surface area contributed by atoms with Gasteiger partial charge in [0.15, 0.2) is 23.8 Å². The van der Waals surface area contributed by atoms with E-state index in [0.29, 0.717) is 22.3 Å². The molecule has 0 bridgehead atoms. The van der Waals surface area contributed by atoms with Crippen molar-refractivity contribution in [1.29, 1.82) is 5.26 Å². The molecule has 152 valence electrons. The highest BCUT2D eigenvalue weighted by atomic mass is 35.5. The summed E-state index contributed by atoms with van der Waals surface area (Å²) >= 11 is 6.60. The zero-order chi connectivity index (χ0) is 21.1. The molecular weight excluding hydrogens is 398 g/mol. The van der Waals surface area contributed by atoms with Crippen LogP contribution in [0.2, 0.25) is 5.02 Å². The molecule has 0 radical (unpaired) electrons. The highest BCUT2D eigenvalue weighted by Gasteiger charge is 2.57. The van der Waals surface area contributed by atoms with Crippen LogP contribution >= 0.6 is 11.6 Å². The van der Waals surface area contributed by atoms with Crippen LogP contribution in [0.15, 0.2) is 29.9 Å². The van der Waals surface area contributed by atoms with Crippen LogP contribution in [0.5, 0.6) is 0 Å². The third kappa shape index (κ3) is 2.72. The third-order valence-corrected chi connectivity index (χ3v) is 6.40. The Morgan fingerprint density at radius 2 is 2.10 bits per heavy atom. The van der Waals surface area contributed by atoms with Crippen molar-refractivity contribution in [2.45, 2.75) is 56.1 Å². The van der Waals surface area contributed by atoms with Gasteiger partial charge in [0.25, 0.3) is 0 Å².